The van der Waals surface area contributed by atoms with Crippen molar-refractivity contribution in [1.29, 1.82) is 0 Å². The lowest BCUT2D eigenvalue weighted by atomic mass is 10.0. The van der Waals surface area contributed by atoms with E-state index in [2.05, 4.69) is 31.0 Å². The molecule has 3 heterocycles. The Bertz CT molecular complexity index is 1580. The minimum absolute atomic E-state index is 0.0375. The molecule has 0 radical (unpaired) electrons. The number of amides is 3. The molecule has 0 unspecified atom stereocenters. The predicted molar refractivity (Wildman–Crippen MR) is 167 cm³/mol. The van der Waals surface area contributed by atoms with Gasteiger partial charge in [0.25, 0.3) is 5.91 Å². The van der Waals surface area contributed by atoms with Gasteiger partial charge >= 0.3 is 0 Å². The van der Waals surface area contributed by atoms with Crippen LogP contribution in [0.4, 0.5) is 0 Å². The molecule has 2 aromatic heterocycles. The van der Waals surface area contributed by atoms with Crippen molar-refractivity contribution >= 4 is 17.7 Å². The smallest absolute Gasteiger partial charge is 0.255 e. The van der Waals surface area contributed by atoms with E-state index in [1.807, 2.05) is 36.5 Å². The number of benzene rings is 2. The lowest BCUT2D eigenvalue weighted by Crippen LogP contribution is -2.50. The SMILES string of the molecule is COc1cccc2c1OCCCn1cc(nn1)CCN(C(=O)CCCn1cncn1)CCNC(=O)[C@H](Cc1ccccc1)NC2=O. The molecule has 5 rings (SSSR count). The number of methoxy groups -OCH3 is 1. The van der Waals surface area contributed by atoms with Gasteiger partial charge < -0.3 is 25.0 Å². The molecule has 14 heteroatoms. The topological polar surface area (TPSA) is 158 Å². The van der Waals surface area contributed by atoms with E-state index in [1.54, 1.807) is 38.8 Å². The third-order valence-electron chi connectivity index (χ3n) is 7.63. The number of hydrogen-bond donors (Lipinski definition) is 2. The van der Waals surface area contributed by atoms with Gasteiger partial charge in [0.05, 0.1) is 25.0 Å². The van der Waals surface area contributed by atoms with Crippen molar-refractivity contribution < 1.29 is 23.9 Å². The van der Waals surface area contributed by atoms with E-state index in [4.69, 9.17) is 9.47 Å². The average molecular weight is 630 g/mol. The number of rotatable bonds is 7. The van der Waals surface area contributed by atoms with Crippen LogP contribution in [0.3, 0.4) is 0 Å². The highest BCUT2D eigenvalue weighted by Crippen LogP contribution is 2.31. The van der Waals surface area contributed by atoms with Crippen LogP contribution < -0.4 is 20.1 Å². The second-order valence-electron chi connectivity index (χ2n) is 10.9. The highest BCUT2D eigenvalue weighted by molar-refractivity contribution is 6.00. The van der Waals surface area contributed by atoms with Gasteiger partial charge in [-0.25, -0.2) is 4.98 Å². The molecule has 4 aromatic rings. The van der Waals surface area contributed by atoms with Crippen LogP contribution in [0.2, 0.25) is 0 Å². The number of aromatic nitrogens is 6. The Balaban J connectivity index is 1.35. The summed E-state index contributed by atoms with van der Waals surface area (Å²) in [6.45, 7) is 2.33. The average Bonchev–Trinajstić information content (AvgIpc) is 3.76. The van der Waals surface area contributed by atoms with Gasteiger partial charge in [-0.2, -0.15) is 5.10 Å². The van der Waals surface area contributed by atoms with Gasteiger partial charge in [0, 0.05) is 64.6 Å². The molecule has 1 aliphatic rings. The van der Waals surface area contributed by atoms with Gasteiger partial charge in [-0.3, -0.25) is 23.7 Å². The summed E-state index contributed by atoms with van der Waals surface area (Å²) in [5, 5.41) is 18.5. The van der Waals surface area contributed by atoms with Crippen molar-refractivity contribution in [3.8, 4) is 11.5 Å². The number of hydrogen-bond acceptors (Lipinski definition) is 9. The van der Waals surface area contributed by atoms with Gasteiger partial charge in [-0.15, -0.1) is 5.10 Å². The Kier molecular flexibility index (Phi) is 11.3. The molecule has 0 spiro atoms. The number of nitrogens with one attached hydrogen (secondary N) is 2. The third kappa shape index (κ3) is 8.89. The monoisotopic (exact) mass is 629 g/mol. The number of fused-ring (bicyclic) bond motifs is 3. The minimum Gasteiger partial charge on any atom is -0.493 e. The molecule has 3 amide bonds. The molecule has 46 heavy (non-hydrogen) atoms. The van der Waals surface area contributed by atoms with E-state index < -0.39 is 11.9 Å². The molecule has 2 N–H and O–H groups in total. The van der Waals surface area contributed by atoms with Crippen LogP contribution >= 0.6 is 0 Å². The van der Waals surface area contributed by atoms with Crippen LogP contribution in [0.1, 0.15) is 40.9 Å². The number of para-hydroxylation sites is 1. The van der Waals surface area contributed by atoms with Crippen LogP contribution in [-0.4, -0.2) is 91.8 Å². The molecule has 0 saturated heterocycles. The minimum atomic E-state index is -0.878. The van der Waals surface area contributed by atoms with Gasteiger partial charge in [0.2, 0.25) is 11.8 Å². The molecule has 1 aliphatic heterocycles. The Hall–Kier alpha value is -5.27. The molecular weight excluding hydrogens is 590 g/mol. The van der Waals surface area contributed by atoms with Gasteiger partial charge in [-0.05, 0) is 24.1 Å². The molecule has 0 saturated carbocycles. The van der Waals surface area contributed by atoms with Crippen LogP contribution in [0.5, 0.6) is 11.5 Å². The fraction of sp³-hybridized carbons (Fsp3) is 0.406. The maximum Gasteiger partial charge on any atom is 0.255 e. The fourth-order valence-electron chi connectivity index (χ4n) is 5.21. The number of carbonyl (C=O) groups is 3. The zero-order valence-electron chi connectivity index (χ0n) is 25.9. The number of carbonyl (C=O) groups excluding carboxylic acids is 3. The summed E-state index contributed by atoms with van der Waals surface area (Å²) in [7, 11) is 1.51. The maximum atomic E-state index is 13.7. The van der Waals surface area contributed by atoms with E-state index in [1.165, 1.54) is 13.4 Å². The fourth-order valence-corrected chi connectivity index (χ4v) is 5.21. The van der Waals surface area contributed by atoms with Crippen molar-refractivity contribution in [1.82, 2.24) is 45.3 Å². The summed E-state index contributed by atoms with van der Waals surface area (Å²) >= 11 is 0. The van der Waals surface area contributed by atoms with Crippen molar-refractivity contribution in [3.05, 3.63) is 84.2 Å². The second kappa shape index (κ2) is 16.2. The van der Waals surface area contributed by atoms with Crippen LogP contribution in [-0.2, 0) is 35.5 Å². The van der Waals surface area contributed by atoms with Gasteiger partial charge in [0.1, 0.15) is 18.7 Å². The largest absolute Gasteiger partial charge is 0.493 e. The lowest BCUT2D eigenvalue weighted by Gasteiger charge is -2.24. The zero-order valence-corrected chi connectivity index (χ0v) is 25.9. The normalized spacial score (nSPS) is 16.5. The van der Waals surface area contributed by atoms with Gasteiger partial charge in [0.15, 0.2) is 11.5 Å². The first-order valence-corrected chi connectivity index (χ1v) is 15.4. The van der Waals surface area contributed by atoms with Crippen LogP contribution in [0, 0.1) is 0 Å². The molecule has 2 bridgehead atoms. The zero-order chi connectivity index (χ0) is 32.1. The first-order chi connectivity index (χ1) is 22.5. The van der Waals surface area contributed by atoms with E-state index in [0.717, 1.165) is 11.3 Å². The highest BCUT2D eigenvalue weighted by Gasteiger charge is 2.25. The summed E-state index contributed by atoms with van der Waals surface area (Å²) in [6, 6.07) is 13.7. The van der Waals surface area contributed by atoms with E-state index in [-0.39, 0.29) is 30.3 Å². The van der Waals surface area contributed by atoms with Crippen molar-refractivity contribution in [2.75, 3.05) is 33.4 Å². The van der Waals surface area contributed by atoms with Crippen LogP contribution in [0.15, 0.2) is 67.4 Å². The summed E-state index contributed by atoms with van der Waals surface area (Å²) in [5.41, 5.74) is 1.90. The van der Waals surface area contributed by atoms with Crippen molar-refractivity contribution in [3.63, 3.8) is 0 Å². The highest BCUT2D eigenvalue weighted by atomic mass is 16.5. The molecule has 242 valence electrons. The Labute approximate surface area is 267 Å². The van der Waals surface area contributed by atoms with E-state index in [9.17, 15) is 14.4 Å². The summed E-state index contributed by atoms with van der Waals surface area (Å²) in [4.78, 5) is 46.2. The molecule has 2 aromatic carbocycles. The third-order valence-corrected chi connectivity index (χ3v) is 7.63. The predicted octanol–water partition coefficient (Wildman–Crippen LogP) is 1.67. The first kappa shape index (κ1) is 32.1. The van der Waals surface area contributed by atoms with E-state index in [0.29, 0.717) is 70.0 Å². The summed E-state index contributed by atoms with van der Waals surface area (Å²) < 4.78 is 15.0. The lowest BCUT2D eigenvalue weighted by molar-refractivity contribution is -0.132. The van der Waals surface area contributed by atoms with Gasteiger partial charge in [-0.1, -0.05) is 41.6 Å². The van der Waals surface area contributed by atoms with Crippen LogP contribution in [0.25, 0.3) is 0 Å². The first-order valence-electron chi connectivity index (χ1n) is 15.4. The summed E-state index contributed by atoms with van der Waals surface area (Å²) in [6.07, 6.45) is 7.24. The molecule has 0 aliphatic carbocycles. The quantitative estimate of drug-likeness (QED) is 0.310. The summed E-state index contributed by atoms with van der Waals surface area (Å²) in [5.74, 6) is -0.146. The Morgan fingerprint density at radius 2 is 1.96 bits per heavy atom. The molecule has 1 atom stereocenters. The second-order valence-corrected chi connectivity index (χ2v) is 10.9. The van der Waals surface area contributed by atoms with Crippen molar-refractivity contribution in [2.24, 2.45) is 0 Å². The Morgan fingerprint density at radius 1 is 1.09 bits per heavy atom. The number of aryl methyl sites for hydroxylation is 2. The number of ether oxygens (including phenoxy) is 2. The molecular formula is C32H39N9O5. The maximum absolute atomic E-state index is 13.7. The molecule has 14 nitrogen and oxygen atoms in total. The number of nitrogens with zero attached hydrogens (tertiary/aromatic N) is 7. The standard InChI is InChI=1S/C32H39N9O5/c1-45-28-11-5-10-26-30(28)46-19-7-16-40-21-25(37-38-40)13-17-39(29(42)12-6-15-41-23-33-22-35-41)18-14-34-32(44)27(36-31(26)43)20-24-8-3-2-4-9-24/h2-5,8-11,21-23,27H,6-7,12-20H2,1H3,(H,34,44)(H,36,43)/t27-/m0/s1. The molecule has 0 fully saturated rings. The van der Waals surface area contributed by atoms with E-state index >= 15 is 0 Å². The Morgan fingerprint density at radius 3 is 2.76 bits per heavy atom. The van der Waals surface area contributed by atoms with Crippen molar-refractivity contribution in [2.45, 2.75) is 51.2 Å².